The lowest BCUT2D eigenvalue weighted by Gasteiger charge is -2.32. The van der Waals surface area contributed by atoms with E-state index < -0.39 is 0 Å². The summed E-state index contributed by atoms with van der Waals surface area (Å²) < 4.78 is 20.3. The molecule has 33 heavy (non-hydrogen) atoms. The molecule has 1 saturated heterocycles. The molecule has 0 aliphatic carbocycles. The first-order chi connectivity index (χ1) is 16.2. The molecule has 0 spiro atoms. The number of carbonyl (C=O) groups excluding carboxylic acids is 1. The van der Waals surface area contributed by atoms with Crippen LogP contribution < -0.4 is 4.74 Å². The van der Waals surface area contributed by atoms with E-state index in [1.165, 1.54) is 23.5 Å². The predicted octanol–water partition coefficient (Wildman–Crippen LogP) is 6.03. The van der Waals surface area contributed by atoms with E-state index >= 15 is 0 Å². The van der Waals surface area contributed by atoms with Crippen molar-refractivity contribution in [3.63, 3.8) is 0 Å². The summed E-state index contributed by atoms with van der Waals surface area (Å²) in [6, 6.07) is 25.0. The Labute approximate surface area is 196 Å². The first kappa shape index (κ1) is 21.6. The highest BCUT2D eigenvalue weighted by atomic mass is 32.1. The number of nitrogens with zero attached hydrogens (tertiary/aromatic N) is 2. The second-order valence-electron chi connectivity index (χ2n) is 8.37. The highest BCUT2D eigenvalue weighted by molar-refractivity contribution is 7.20. The minimum absolute atomic E-state index is 0.0125. The van der Waals surface area contributed by atoms with Gasteiger partial charge in [-0.2, -0.15) is 0 Å². The van der Waals surface area contributed by atoms with E-state index in [2.05, 4.69) is 29.2 Å². The van der Waals surface area contributed by atoms with Crippen LogP contribution in [0.3, 0.4) is 0 Å². The number of likely N-dealkylation sites (tertiary alicyclic amines) is 1. The van der Waals surface area contributed by atoms with E-state index in [9.17, 15) is 9.18 Å². The van der Waals surface area contributed by atoms with Gasteiger partial charge in [0.15, 0.2) is 0 Å². The fourth-order valence-corrected chi connectivity index (χ4v) is 5.30. The molecule has 1 aliphatic heterocycles. The fraction of sp³-hybridized carbons (Fsp3) is 0.259. The van der Waals surface area contributed by atoms with E-state index in [0.29, 0.717) is 24.7 Å². The van der Waals surface area contributed by atoms with Crippen molar-refractivity contribution in [1.82, 2.24) is 9.88 Å². The molecule has 0 unspecified atom stereocenters. The van der Waals surface area contributed by atoms with Gasteiger partial charge in [0.2, 0.25) is 5.91 Å². The molecular formula is C27H25FN2O2S. The molecule has 1 aromatic heterocycles. The summed E-state index contributed by atoms with van der Waals surface area (Å²) in [4.78, 5) is 19.6. The summed E-state index contributed by atoms with van der Waals surface area (Å²) in [6.07, 6.45) is 1.98. The smallest absolute Gasteiger partial charge is 0.274 e. The maximum absolute atomic E-state index is 13.4. The van der Waals surface area contributed by atoms with Gasteiger partial charge in [0, 0.05) is 38.3 Å². The Morgan fingerprint density at radius 2 is 1.64 bits per heavy atom. The van der Waals surface area contributed by atoms with Crippen molar-refractivity contribution in [3.05, 3.63) is 95.8 Å². The maximum atomic E-state index is 13.4. The average Bonchev–Trinajstić information content (AvgIpc) is 3.25. The topological polar surface area (TPSA) is 42.4 Å². The highest BCUT2D eigenvalue weighted by Gasteiger charge is 2.27. The van der Waals surface area contributed by atoms with Gasteiger partial charge < -0.3 is 9.64 Å². The van der Waals surface area contributed by atoms with E-state index in [1.54, 1.807) is 6.07 Å². The van der Waals surface area contributed by atoms with Crippen molar-refractivity contribution in [2.24, 2.45) is 0 Å². The third kappa shape index (κ3) is 5.06. The Balaban J connectivity index is 1.21. The van der Waals surface area contributed by atoms with Crippen molar-refractivity contribution in [2.45, 2.75) is 31.3 Å². The number of benzene rings is 3. The third-order valence-corrected chi connectivity index (χ3v) is 7.08. The molecule has 5 rings (SSSR count). The predicted molar refractivity (Wildman–Crippen MR) is 129 cm³/mol. The van der Waals surface area contributed by atoms with Crippen LogP contribution in [0.4, 0.5) is 4.39 Å². The third-order valence-electron chi connectivity index (χ3n) is 6.18. The monoisotopic (exact) mass is 460 g/mol. The van der Waals surface area contributed by atoms with Crippen molar-refractivity contribution in [1.29, 1.82) is 0 Å². The Bertz CT molecular complexity index is 1180. The quantitative estimate of drug-likeness (QED) is 0.353. The molecule has 2 heterocycles. The SMILES string of the molecule is O=C(CC(c1ccccc1)c1ccccc1)N1CCC(Oc2nc3ccc(F)cc3s2)CC1. The molecule has 0 atom stereocenters. The molecule has 0 bridgehead atoms. The summed E-state index contributed by atoms with van der Waals surface area (Å²) in [6.45, 7) is 1.33. The van der Waals surface area contributed by atoms with Crippen LogP contribution in [0.2, 0.25) is 0 Å². The minimum Gasteiger partial charge on any atom is -0.467 e. The number of carbonyl (C=O) groups is 1. The molecule has 1 amide bonds. The first-order valence-electron chi connectivity index (χ1n) is 11.3. The van der Waals surface area contributed by atoms with Crippen LogP contribution in [0.1, 0.15) is 36.3 Å². The number of rotatable bonds is 6. The van der Waals surface area contributed by atoms with Crippen molar-refractivity contribution in [2.75, 3.05) is 13.1 Å². The van der Waals surface area contributed by atoms with Crippen molar-refractivity contribution in [3.8, 4) is 5.19 Å². The van der Waals surface area contributed by atoms with Crippen LogP contribution in [-0.4, -0.2) is 35.0 Å². The van der Waals surface area contributed by atoms with Gasteiger partial charge >= 0.3 is 0 Å². The summed E-state index contributed by atoms with van der Waals surface area (Å²) in [5, 5.41) is 0.564. The summed E-state index contributed by atoms with van der Waals surface area (Å²) >= 11 is 1.36. The van der Waals surface area contributed by atoms with Gasteiger partial charge in [-0.3, -0.25) is 4.79 Å². The van der Waals surface area contributed by atoms with Crippen molar-refractivity contribution >= 4 is 27.5 Å². The summed E-state index contributed by atoms with van der Waals surface area (Å²) in [7, 11) is 0. The Hall–Kier alpha value is -3.25. The second kappa shape index (κ2) is 9.71. The van der Waals surface area contributed by atoms with Gasteiger partial charge in [-0.25, -0.2) is 9.37 Å². The number of piperidine rings is 1. The molecule has 0 radical (unpaired) electrons. The fourth-order valence-electron chi connectivity index (χ4n) is 4.40. The largest absolute Gasteiger partial charge is 0.467 e. The normalized spacial score (nSPS) is 14.7. The zero-order valence-electron chi connectivity index (χ0n) is 18.2. The van der Waals surface area contributed by atoms with E-state index in [1.807, 2.05) is 41.3 Å². The molecule has 6 heteroatoms. The van der Waals surface area contributed by atoms with Crippen LogP contribution in [-0.2, 0) is 4.79 Å². The number of thiazole rings is 1. The number of hydrogen-bond acceptors (Lipinski definition) is 4. The standard InChI is InChI=1S/C27H25FN2O2S/c28-21-11-12-24-25(17-21)33-27(29-24)32-22-13-15-30(16-14-22)26(31)18-23(19-7-3-1-4-8-19)20-9-5-2-6-10-20/h1-12,17,22-23H,13-16,18H2. The van der Waals surface area contributed by atoms with Gasteiger partial charge in [0.1, 0.15) is 11.9 Å². The van der Waals surface area contributed by atoms with Crippen LogP contribution in [0.15, 0.2) is 78.9 Å². The van der Waals surface area contributed by atoms with Gasteiger partial charge in [0.25, 0.3) is 5.19 Å². The van der Waals surface area contributed by atoms with E-state index in [0.717, 1.165) is 34.2 Å². The Morgan fingerprint density at radius 1 is 1.00 bits per heavy atom. The minimum atomic E-state index is -0.270. The molecule has 0 N–H and O–H groups in total. The van der Waals surface area contributed by atoms with Crippen molar-refractivity contribution < 1.29 is 13.9 Å². The zero-order valence-corrected chi connectivity index (χ0v) is 19.0. The molecular weight excluding hydrogens is 435 g/mol. The zero-order chi connectivity index (χ0) is 22.6. The second-order valence-corrected chi connectivity index (χ2v) is 9.36. The number of aromatic nitrogens is 1. The van der Waals surface area contributed by atoms with E-state index in [4.69, 9.17) is 4.74 Å². The molecule has 0 saturated carbocycles. The molecule has 4 nitrogen and oxygen atoms in total. The van der Waals surface area contributed by atoms with Gasteiger partial charge in [-0.1, -0.05) is 72.0 Å². The van der Waals surface area contributed by atoms with Crippen LogP contribution >= 0.6 is 11.3 Å². The number of hydrogen-bond donors (Lipinski definition) is 0. The first-order valence-corrected chi connectivity index (χ1v) is 12.1. The lowest BCUT2D eigenvalue weighted by molar-refractivity contribution is -0.133. The van der Waals surface area contributed by atoms with Crippen LogP contribution in [0.5, 0.6) is 5.19 Å². The van der Waals surface area contributed by atoms with Crippen LogP contribution in [0, 0.1) is 5.82 Å². The molecule has 168 valence electrons. The van der Waals surface area contributed by atoms with Gasteiger partial charge in [-0.05, 0) is 29.3 Å². The Kier molecular flexibility index (Phi) is 6.35. The average molecular weight is 461 g/mol. The number of ether oxygens (including phenoxy) is 1. The summed E-state index contributed by atoms with van der Waals surface area (Å²) in [5.74, 6) is -0.0625. The molecule has 1 aliphatic rings. The molecule has 1 fully saturated rings. The van der Waals surface area contributed by atoms with Crippen LogP contribution in [0.25, 0.3) is 10.2 Å². The number of fused-ring (bicyclic) bond motifs is 1. The lowest BCUT2D eigenvalue weighted by atomic mass is 9.88. The van der Waals surface area contributed by atoms with Gasteiger partial charge in [-0.15, -0.1) is 0 Å². The number of amides is 1. The number of halogens is 1. The Morgan fingerprint density at radius 3 is 2.27 bits per heavy atom. The lowest BCUT2D eigenvalue weighted by Crippen LogP contribution is -2.42. The molecule has 4 aromatic rings. The molecule has 3 aromatic carbocycles. The summed E-state index contributed by atoms with van der Waals surface area (Å²) in [5.41, 5.74) is 3.06. The van der Waals surface area contributed by atoms with E-state index in [-0.39, 0.29) is 23.7 Å². The highest BCUT2D eigenvalue weighted by Crippen LogP contribution is 2.32. The van der Waals surface area contributed by atoms with Gasteiger partial charge in [0.05, 0.1) is 10.2 Å². The maximum Gasteiger partial charge on any atom is 0.274 e.